The van der Waals surface area contributed by atoms with E-state index < -0.39 is 0 Å². The molecule has 0 aromatic carbocycles. The van der Waals surface area contributed by atoms with E-state index in [9.17, 15) is 9.59 Å². The second-order valence-electron chi connectivity index (χ2n) is 9.28. The van der Waals surface area contributed by atoms with E-state index in [1.54, 1.807) is 0 Å². The van der Waals surface area contributed by atoms with Gasteiger partial charge in [-0.3, -0.25) is 9.59 Å². The first-order valence-corrected chi connectivity index (χ1v) is 14.3. The van der Waals surface area contributed by atoms with Gasteiger partial charge in [-0.05, 0) is 77.0 Å². The molecular weight excluding hydrogens is 424 g/mol. The molecule has 0 aliphatic carbocycles. The van der Waals surface area contributed by atoms with Crippen molar-refractivity contribution in [3.05, 3.63) is 24.3 Å². The van der Waals surface area contributed by atoms with Gasteiger partial charge in [0.2, 0.25) is 0 Å². The molecule has 0 spiro atoms. The van der Waals surface area contributed by atoms with Crippen LogP contribution in [0.1, 0.15) is 142 Å². The summed E-state index contributed by atoms with van der Waals surface area (Å²) < 4.78 is 10.6. The van der Waals surface area contributed by atoms with Crippen molar-refractivity contribution in [1.29, 1.82) is 0 Å². The van der Waals surface area contributed by atoms with E-state index in [1.807, 2.05) is 0 Å². The van der Waals surface area contributed by atoms with Crippen molar-refractivity contribution in [1.82, 2.24) is 0 Å². The van der Waals surface area contributed by atoms with Gasteiger partial charge in [0, 0.05) is 12.8 Å². The van der Waals surface area contributed by atoms with Crippen molar-refractivity contribution in [2.75, 3.05) is 13.2 Å². The van der Waals surface area contributed by atoms with E-state index in [4.69, 9.17) is 9.47 Å². The van der Waals surface area contributed by atoms with Gasteiger partial charge < -0.3 is 9.47 Å². The molecule has 198 valence electrons. The third-order valence-electron chi connectivity index (χ3n) is 5.81. The molecule has 0 aromatic rings. The third-order valence-corrected chi connectivity index (χ3v) is 5.81. The van der Waals surface area contributed by atoms with Gasteiger partial charge in [-0.15, -0.1) is 0 Å². The molecule has 0 aromatic heterocycles. The summed E-state index contributed by atoms with van der Waals surface area (Å²) in [6.07, 6.45) is 29.9. The van der Waals surface area contributed by atoms with Crippen molar-refractivity contribution in [3.8, 4) is 0 Å². The number of unbranched alkanes of at least 4 members (excludes halogenated alkanes) is 13. The molecule has 0 aliphatic heterocycles. The third kappa shape index (κ3) is 26.7. The van der Waals surface area contributed by atoms with Crippen LogP contribution in [0.4, 0.5) is 0 Å². The predicted molar refractivity (Wildman–Crippen MR) is 144 cm³/mol. The van der Waals surface area contributed by atoms with Crippen LogP contribution < -0.4 is 0 Å². The minimum Gasteiger partial charge on any atom is -0.466 e. The molecule has 0 bridgehead atoms. The number of allylic oxidation sites excluding steroid dienone is 4. The Hall–Kier alpha value is -1.58. The van der Waals surface area contributed by atoms with Gasteiger partial charge in [0.15, 0.2) is 0 Å². The quantitative estimate of drug-likeness (QED) is 0.0746. The fourth-order valence-electron chi connectivity index (χ4n) is 3.65. The molecule has 0 radical (unpaired) electrons. The summed E-state index contributed by atoms with van der Waals surface area (Å²) in [5.74, 6) is -0.130. The smallest absolute Gasteiger partial charge is 0.305 e. The average Bonchev–Trinajstić information content (AvgIpc) is 2.83. The minimum atomic E-state index is -0.0651. The summed E-state index contributed by atoms with van der Waals surface area (Å²) in [4.78, 5) is 23.5. The molecule has 0 unspecified atom stereocenters. The van der Waals surface area contributed by atoms with E-state index in [1.165, 1.54) is 51.4 Å². The van der Waals surface area contributed by atoms with Gasteiger partial charge in [0.05, 0.1) is 13.2 Å². The Bertz CT molecular complexity index is 464. The summed E-state index contributed by atoms with van der Waals surface area (Å²) in [6, 6.07) is 0. The lowest BCUT2D eigenvalue weighted by Gasteiger charge is -2.06. The zero-order valence-corrected chi connectivity index (χ0v) is 22.5. The van der Waals surface area contributed by atoms with E-state index in [0.717, 1.165) is 64.2 Å². The molecular formula is C30H54O4. The monoisotopic (exact) mass is 478 g/mol. The van der Waals surface area contributed by atoms with Crippen molar-refractivity contribution in [2.45, 2.75) is 142 Å². The Morgan fingerprint density at radius 2 is 0.824 bits per heavy atom. The summed E-state index contributed by atoms with van der Waals surface area (Å²) in [7, 11) is 0. The van der Waals surface area contributed by atoms with Crippen LogP contribution in [-0.4, -0.2) is 25.2 Å². The van der Waals surface area contributed by atoms with Crippen LogP contribution in [-0.2, 0) is 19.1 Å². The first kappa shape index (κ1) is 32.4. The fourth-order valence-corrected chi connectivity index (χ4v) is 3.65. The number of rotatable bonds is 25. The van der Waals surface area contributed by atoms with Gasteiger partial charge in [0.1, 0.15) is 0 Å². The molecule has 0 fully saturated rings. The lowest BCUT2D eigenvalue weighted by Crippen LogP contribution is -2.07. The number of carbonyl (C=O) groups is 2. The molecule has 0 aliphatic rings. The minimum absolute atomic E-state index is 0.0651. The maximum atomic E-state index is 11.8. The van der Waals surface area contributed by atoms with Crippen molar-refractivity contribution < 1.29 is 19.1 Å². The van der Waals surface area contributed by atoms with Crippen LogP contribution in [0.5, 0.6) is 0 Å². The molecule has 4 nitrogen and oxygen atoms in total. The normalized spacial score (nSPS) is 11.5. The zero-order chi connectivity index (χ0) is 25.0. The van der Waals surface area contributed by atoms with Crippen molar-refractivity contribution in [2.24, 2.45) is 0 Å². The van der Waals surface area contributed by atoms with Gasteiger partial charge >= 0.3 is 11.9 Å². The molecule has 4 heteroatoms. The summed E-state index contributed by atoms with van der Waals surface area (Å²) in [5, 5.41) is 0. The summed E-state index contributed by atoms with van der Waals surface area (Å²) in [5.41, 5.74) is 0. The fraction of sp³-hybridized carbons (Fsp3) is 0.800. The standard InChI is InChI=1S/C30H54O4/c1-3-5-7-9-11-13-15-17-21-25-29(31)33-27-23-19-20-24-28-34-30(32)26-22-18-16-14-12-10-8-6-4-2/h7-10H,3-6,11-28H2,1-2H3. The summed E-state index contributed by atoms with van der Waals surface area (Å²) >= 11 is 0. The zero-order valence-electron chi connectivity index (χ0n) is 22.5. The largest absolute Gasteiger partial charge is 0.466 e. The number of carbonyl (C=O) groups excluding carboxylic acids is 2. The van der Waals surface area contributed by atoms with Gasteiger partial charge in [-0.2, -0.15) is 0 Å². The van der Waals surface area contributed by atoms with Crippen LogP contribution in [0.3, 0.4) is 0 Å². The van der Waals surface area contributed by atoms with Crippen LogP contribution in [0, 0.1) is 0 Å². The van der Waals surface area contributed by atoms with Crippen LogP contribution in [0.25, 0.3) is 0 Å². The molecule has 0 N–H and O–H groups in total. The van der Waals surface area contributed by atoms with Gasteiger partial charge in [0.25, 0.3) is 0 Å². The molecule has 0 saturated heterocycles. The second-order valence-corrected chi connectivity index (χ2v) is 9.28. The second kappa shape index (κ2) is 27.7. The van der Waals surface area contributed by atoms with Crippen molar-refractivity contribution in [3.63, 3.8) is 0 Å². The van der Waals surface area contributed by atoms with Crippen LogP contribution in [0.2, 0.25) is 0 Å². The van der Waals surface area contributed by atoms with E-state index in [2.05, 4.69) is 38.2 Å². The highest BCUT2D eigenvalue weighted by Crippen LogP contribution is 2.09. The van der Waals surface area contributed by atoms with Crippen LogP contribution in [0.15, 0.2) is 24.3 Å². The first-order valence-electron chi connectivity index (χ1n) is 14.3. The van der Waals surface area contributed by atoms with Crippen LogP contribution >= 0.6 is 0 Å². The van der Waals surface area contributed by atoms with Gasteiger partial charge in [-0.1, -0.05) is 76.7 Å². The lowest BCUT2D eigenvalue weighted by molar-refractivity contribution is -0.145. The molecule has 0 rings (SSSR count). The Kier molecular flexibility index (Phi) is 26.4. The Morgan fingerprint density at radius 3 is 1.24 bits per heavy atom. The Morgan fingerprint density at radius 1 is 0.471 bits per heavy atom. The Balaban J connectivity index is 3.31. The van der Waals surface area contributed by atoms with E-state index in [-0.39, 0.29) is 11.9 Å². The topological polar surface area (TPSA) is 52.6 Å². The molecule has 34 heavy (non-hydrogen) atoms. The number of esters is 2. The van der Waals surface area contributed by atoms with E-state index >= 15 is 0 Å². The average molecular weight is 479 g/mol. The molecule has 0 amide bonds. The molecule has 0 atom stereocenters. The van der Waals surface area contributed by atoms with E-state index in [0.29, 0.717) is 26.1 Å². The maximum absolute atomic E-state index is 11.8. The number of ether oxygens (including phenoxy) is 2. The molecule has 0 saturated carbocycles. The number of hydrogen-bond acceptors (Lipinski definition) is 4. The molecule has 0 heterocycles. The maximum Gasteiger partial charge on any atom is 0.305 e. The highest BCUT2D eigenvalue weighted by molar-refractivity contribution is 5.69. The highest BCUT2D eigenvalue weighted by atomic mass is 16.5. The number of hydrogen-bond donors (Lipinski definition) is 0. The van der Waals surface area contributed by atoms with Crippen molar-refractivity contribution >= 4 is 11.9 Å². The Labute approximate surface area is 210 Å². The lowest BCUT2D eigenvalue weighted by atomic mass is 10.1. The SMILES string of the molecule is CCCC=CCCCCCCC(=O)OCCCCCCOC(=O)CCCCCCC=CCCC. The highest BCUT2D eigenvalue weighted by Gasteiger charge is 2.04. The first-order chi connectivity index (χ1) is 16.7. The summed E-state index contributed by atoms with van der Waals surface area (Å²) in [6.45, 7) is 5.41. The predicted octanol–water partition coefficient (Wildman–Crippen LogP) is 9.03. The van der Waals surface area contributed by atoms with Gasteiger partial charge in [-0.25, -0.2) is 0 Å².